The van der Waals surface area contributed by atoms with Crippen molar-refractivity contribution in [1.29, 1.82) is 0 Å². The lowest BCUT2D eigenvalue weighted by atomic mass is 10.2. The fraction of sp³-hybridized carbons (Fsp3) is 0.263. The molecular weight excluding hydrogens is 417 g/mol. The lowest BCUT2D eigenvalue weighted by Gasteiger charge is -2.14. The first kappa shape index (κ1) is 19.3. The summed E-state index contributed by atoms with van der Waals surface area (Å²) in [4.78, 5) is 8.50. The Morgan fingerprint density at radius 3 is 2.78 bits per heavy atom. The van der Waals surface area contributed by atoms with Gasteiger partial charge in [-0.3, -0.25) is 0 Å². The van der Waals surface area contributed by atoms with Gasteiger partial charge < -0.3 is 19.5 Å². The summed E-state index contributed by atoms with van der Waals surface area (Å²) >= 11 is 3.19. The number of fused-ring (bicyclic) bond motifs is 1. The quantitative estimate of drug-likeness (QED) is 0.513. The summed E-state index contributed by atoms with van der Waals surface area (Å²) in [6.07, 6.45) is 2.27. The molecule has 8 heteroatoms. The normalized spacial score (nSPS) is 10.8. The fourth-order valence-electron chi connectivity index (χ4n) is 2.55. The molecule has 3 rings (SSSR count). The summed E-state index contributed by atoms with van der Waals surface area (Å²) in [5.41, 5.74) is 1.50. The van der Waals surface area contributed by atoms with E-state index in [1.54, 1.807) is 32.4 Å². The first-order valence-corrected chi connectivity index (χ1v) is 9.10. The lowest BCUT2D eigenvalue weighted by Crippen LogP contribution is -2.06. The molecule has 0 fully saturated rings. The molecule has 0 unspecified atom stereocenters. The molecule has 3 aromatic rings. The van der Waals surface area contributed by atoms with Crippen LogP contribution in [0.2, 0.25) is 0 Å². The van der Waals surface area contributed by atoms with Crippen molar-refractivity contribution in [2.45, 2.75) is 6.42 Å². The highest BCUT2D eigenvalue weighted by molar-refractivity contribution is 9.10. The van der Waals surface area contributed by atoms with Crippen LogP contribution in [0, 0.1) is 5.82 Å². The van der Waals surface area contributed by atoms with Gasteiger partial charge in [-0.25, -0.2) is 14.4 Å². The maximum Gasteiger partial charge on any atom is 0.230 e. The second-order valence-corrected chi connectivity index (χ2v) is 6.47. The van der Waals surface area contributed by atoms with E-state index in [9.17, 15) is 4.39 Å². The Labute approximate surface area is 164 Å². The van der Waals surface area contributed by atoms with Crippen LogP contribution >= 0.6 is 15.9 Å². The number of nitrogens with one attached hydrogen (secondary N) is 1. The standard InChI is InChI=1S/C19H19BrFN3O3/c1-25-8-4-7-22-15-10-14-12(9-17(15)26-2)19(24-11-23-14)27-16-6-3-5-13(21)18(16)20/h3,5-6,9-11,22H,4,7-8H2,1-2H3. The molecule has 6 nitrogen and oxygen atoms in total. The zero-order chi connectivity index (χ0) is 19.2. The highest BCUT2D eigenvalue weighted by Crippen LogP contribution is 2.36. The van der Waals surface area contributed by atoms with Crippen LogP contribution in [0.5, 0.6) is 17.4 Å². The number of hydrogen-bond acceptors (Lipinski definition) is 6. The zero-order valence-corrected chi connectivity index (χ0v) is 16.5. The summed E-state index contributed by atoms with van der Waals surface area (Å²) in [5.74, 6) is 0.870. The number of hydrogen-bond donors (Lipinski definition) is 1. The average Bonchev–Trinajstić information content (AvgIpc) is 2.68. The Morgan fingerprint density at radius 1 is 1.15 bits per heavy atom. The van der Waals surface area contributed by atoms with Crippen LogP contribution < -0.4 is 14.8 Å². The molecule has 0 atom stereocenters. The molecule has 27 heavy (non-hydrogen) atoms. The molecule has 142 valence electrons. The largest absolute Gasteiger partial charge is 0.495 e. The lowest BCUT2D eigenvalue weighted by molar-refractivity contribution is 0.197. The van der Waals surface area contributed by atoms with Crippen LogP contribution in [0.1, 0.15) is 6.42 Å². The van der Waals surface area contributed by atoms with Gasteiger partial charge in [0.2, 0.25) is 5.88 Å². The molecule has 0 bridgehead atoms. The van der Waals surface area contributed by atoms with Gasteiger partial charge in [-0.15, -0.1) is 0 Å². The van der Waals surface area contributed by atoms with E-state index < -0.39 is 5.82 Å². The van der Waals surface area contributed by atoms with Crippen molar-refractivity contribution >= 4 is 32.5 Å². The third kappa shape index (κ3) is 4.45. The number of halogens is 2. The van der Waals surface area contributed by atoms with Crippen LogP contribution in [0.25, 0.3) is 10.9 Å². The molecule has 0 saturated carbocycles. The van der Waals surface area contributed by atoms with E-state index in [2.05, 4.69) is 31.2 Å². The van der Waals surface area contributed by atoms with Crippen molar-refractivity contribution < 1.29 is 18.6 Å². The second kappa shape index (κ2) is 8.96. The first-order chi connectivity index (χ1) is 13.1. The van der Waals surface area contributed by atoms with Gasteiger partial charge in [-0.1, -0.05) is 6.07 Å². The van der Waals surface area contributed by atoms with Crippen molar-refractivity contribution in [2.24, 2.45) is 0 Å². The van der Waals surface area contributed by atoms with Gasteiger partial charge in [0.25, 0.3) is 0 Å². The minimum atomic E-state index is -0.411. The molecule has 1 heterocycles. The molecule has 2 aromatic carbocycles. The molecule has 1 N–H and O–H groups in total. The van der Waals surface area contributed by atoms with Crippen molar-refractivity contribution in [3.8, 4) is 17.4 Å². The summed E-state index contributed by atoms with van der Waals surface area (Å²) in [5, 5.41) is 3.97. The van der Waals surface area contributed by atoms with E-state index in [1.807, 2.05) is 6.07 Å². The Hall–Kier alpha value is -2.45. The van der Waals surface area contributed by atoms with Crippen LogP contribution in [-0.2, 0) is 4.74 Å². The van der Waals surface area contributed by atoms with Crippen molar-refractivity contribution in [3.05, 3.63) is 46.9 Å². The van der Waals surface area contributed by atoms with Crippen LogP contribution in [0.4, 0.5) is 10.1 Å². The number of methoxy groups -OCH3 is 2. The van der Waals surface area contributed by atoms with Crippen LogP contribution in [0.3, 0.4) is 0 Å². The number of benzene rings is 2. The second-order valence-electron chi connectivity index (χ2n) is 5.68. The maximum atomic E-state index is 13.7. The Balaban J connectivity index is 1.94. The smallest absolute Gasteiger partial charge is 0.230 e. The molecule has 0 saturated heterocycles. The van der Waals surface area contributed by atoms with Crippen LogP contribution in [-0.4, -0.2) is 37.3 Å². The van der Waals surface area contributed by atoms with Gasteiger partial charge >= 0.3 is 0 Å². The molecule has 0 aliphatic rings. The fourth-order valence-corrected chi connectivity index (χ4v) is 2.90. The monoisotopic (exact) mass is 435 g/mol. The van der Waals surface area contributed by atoms with Crippen molar-refractivity contribution in [3.63, 3.8) is 0 Å². The van der Waals surface area contributed by atoms with Gasteiger partial charge in [0.1, 0.15) is 23.6 Å². The SMILES string of the molecule is COCCCNc1cc2ncnc(Oc3cccc(F)c3Br)c2cc1OC. The van der Waals surface area contributed by atoms with Gasteiger partial charge in [-0.05, 0) is 46.6 Å². The summed E-state index contributed by atoms with van der Waals surface area (Å²) in [7, 11) is 3.26. The molecule has 0 amide bonds. The topological polar surface area (TPSA) is 65.5 Å². The van der Waals surface area contributed by atoms with E-state index in [-0.39, 0.29) is 4.47 Å². The first-order valence-electron chi connectivity index (χ1n) is 8.31. The average molecular weight is 436 g/mol. The third-order valence-electron chi connectivity index (χ3n) is 3.88. The molecular formula is C19H19BrFN3O3. The number of nitrogens with zero attached hydrogens (tertiary/aromatic N) is 2. The van der Waals surface area contributed by atoms with E-state index in [1.165, 1.54) is 12.4 Å². The third-order valence-corrected chi connectivity index (χ3v) is 4.65. The summed E-state index contributed by atoms with van der Waals surface area (Å²) < 4.78 is 30.3. The number of ether oxygens (including phenoxy) is 3. The Bertz CT molecular complexity index is 939. The minimum Gasteiger partial charge on any atom is -0.495 e. The van der Waals surface area contributed by atoms with E-state index in [0.717, 1.165) is 18.7 Å². The van der Waals surface area contributed by atoms with E-state index in [4.69, 9.17) is 14.2 Å². The van der Waals surface area contributed by atoms with Crippen molar-refractivity contribution in [2.75, 3.05) is 32.7 Å². The predicted octanol–water partition coefficient (Wildman–Crippen LogP) is 4.78. The Morgan fingerprint density at radius 2 is 2.00 bits per heavy atom. The van der Waals surface area contributed by atoms with Crippen LogP contribution in [0.15, 0.2) is 41.1 Å². The molecule has 0 aliphatic carbocycles. The number of aromatic nitrogens is 2. The molecule has 0 spiro atoms. The summed E-state index contributed by atoms with van der Waals surface area (Å²) in [6.45, 7) is 1.41. The molecule has 1 aromatic heterocycles. The molecule has 0 radical (unpaired) electrons. The van der Waals surface area contributed by atoms with Gasteiger partial charge in [0.05, 0.1) is 28.2 Å². The maximum absolute atomic E-state index is 13.7. The number of anilines is 1. The highest BCUT2D eigenvalue weighted by Gasteiger charge is 2.14. The van der Waals surface area contributed by atoms with E-state index in [0.29, 0.717) is 34.9 Å². The number of rotatable bonds is 8. The van der Waals surface area contributed by atoms with Gasteiger partial charge in [-0.2, -0.15) is 0 Å². The van der Waals surface area contributed by atoms with Gasteiger partial charge in [0.15, 0.2) is 0 Å². The highest BCUT2D eigenvalue weighted by atomic mass is 79.9. The Kier molecular flexibility index (Phi) is 6.41. The summed E-state index contributed by atoms with van der Waals surface area (Å²) in [6, 6.07) is 8.25. The zero-order valence-electron chi connectivity index (χ0n) is 15.0. The predicted molar refractivity (Wildman–Crippen MR) is 105 cm³/mol. The molecule has 0 aliphatic heterocycles. The van der Waals surface area contributed by atoms with Gasteiger partial charge in [0, 0.05) is 20.3 Å². The minimum absolute atomic E-state index is 0.236. The van der Waals surface area contributed by atoms with E-state index >= 15 is 0 Å². The van der Waals surface area contributed by atoms with Crippen molar-refractivity contribution in [1.82, 2.24) is 9.97 Å².